The number of rotatable bonds is 3. The Morgan fingerprint density at radius 3 is 2.93 bits per heavy atom. The number of ether oxygens (including phenoxy) is 1. The Balaban J connectivity index is 1.58. The van der Waals surface area contributed by atoms with E-state index in [-0.39, 0.29) is 35.4 Å². The zero-order chi connectivity index (χ0) is 20.8. The number of aromatic nitrogens is 3. The SMILES string of the molecule is C[C@H]1CNc2c(sc3ccc4nc(Oc5cc(Cl)nc(CO)n5)ccc4c23)C(=O)N1. The van der Waals surface area contributed by atoms with Crippen LogP contribution in [0.15, 0.2) is 30.3 Å². The summed E-state index contributed by atoms with van der Waals surface area (Å²) in [5, 5.41) is 17.7. The third kappa shape index (κ3) is 3.30. The average Bonchev–Trinajstić information content (AvgIpc) is 3.04. The molecule has 1 aliphatic rings. The van der Waals surface area contributed by atoms with Gasteiger partial charge in [-0.25, -0.2) is 9.97 Å². The van der Waals surface area contributed by atoms with E-state index in [2.05, 4.69) is 25.6 Å². The molecule has 1 aromatic carbocycles. The lowest BCUT2D eigenvalue weighted by Gasteiger charge is -2.10. The van der Waals surface area contributed by atoms with Gasteiger partial charge in [-0.2, -0.15) is 4.98 Å². The number of nitrogens with one attached hydrogen (secondary N) is 2. The molecule has 152 valence electrons. The summed E-state index contributed by atoms with van der Waals surface area (Å²) in [4.78, 5) is 25.8. The van der Waals surface area contributed by atoms with Crippen molar-refractivity contribution >= 4 is 55.5 Å². The van der Waals surface area contributed by atoms with Gasteiger partial charge < -0.3 is 20.5 Å². The Morgan fingerprint density at radius 2 is 2.10 bits per heavy atom. The minimum Gasteiger partial charge on any atom is -0.421 e. The number of carbonyl (C=O) groups is 1. The van der Waals surface area contributed by atoms with E-state index in [0.29, 0.717) is 17.3 Å². The molecule has 0 bridgehead atoms. The molecule has 4 aromatic rings. The standard InChI is InChI=1S/C20H16ClN5O3S/c1-9-7-22-18-17-10-2-5-15(29-16-6-13(21)25-14(8-27)26-16)24-11(10)3-4-12(17)30-19(18)20(28)23-9/h2-6,9,22,27H,7-8H2,1H3,(H,23,28)/t9-/m0/s1. The molecule has 0 saturated heterocycles. The number of fused-ring (bicyclic) bond motifs is 5. The summed E-state index contributed by atoms with van der Waals surface area (Å²) >= 11 is 7.41. The van der Waals surface area contributed by atoms with Crippen LogP contribution < -0.4 is 15.4 Å². The Hall–Kier alpha value is -3.01. The summed E-state index contributed by atoms with van der Waals surface area (Å²) in [7, 11) is 0. The molecule has 8 nitrogen and oxygen atoms in total. The van der Waals surface area contributed by atoms with E-state index in [4.69, 9.17) is 16.3 Å². The lowest BCUT2D eigenvalue weighted by molar-refractivity contribution is 0.0949. The normalized spacial score (nSPS) is 16.1. The number of amides is 1. The smallest absolute Gasteiger partial charge is 0.263 e. The minimum absolute atomic E-state index is 0.0451. The molecule has 10 heteroatoms. The number of hydrogen-bond donors (Lipinski definition) is 3. The Morgan fingerprint density at radius 1 is 1.23 bits per heavy atom. The van der Waals surface area contributed by atoms with Gasteiger partial charge in [0.1, 0.15) is 16.6 Å². The van der Waals surface area contributed by atoms with E-state index in [1.165, 1.54) is 17.4 Å². The lowest BCUT2D eigenvalue weighted by Crippen LogP contribution is -2.34. The predicted molar refractivity (Wildman–Crippen MR) is 116 cm³/mol. The molecule has 3 aromatic heterocycles. The number of aliphatic hydroxyl groups excluding tert-OH is 1. The Labute approximate surface area is 179 Å². The molecule has 3 N–H and O–H groups in total. The number of anilines is 1. The summed E-state index contributed by atoms with van der Waals surface area (Å²) in [6.07, 6.45) is 0. The first kappa shape index (κ1) is 19.0. The molecule has 1 aliphatic heterocycles. The summed E-state index contributed by atoms with van der Waals surface area (Å²) in [6, 6.07) is 9.00. The van der Waals surface area contributed by atoms with Gasteiger partial charge in [-0.1, -0.05) is 11.6 Å². The molecular weight excluding hydrogens is 426 g/mol. The topological polar surface area (TPSA) is 109 Å². The maximum absolute atomic E-state index is 12.5. The van der Waals surface area contributed by atoms with Crippen LogP contribution >= 0.6 is 22.9 Å². The van der Waals surface area contributed by atoms with Crippen molar-refractivity contribution < 1.29 is 14.6 Å². The van der Waals surface area contributed by atoms with Gasteiger partial charge in [0.05, 0.1) is 11.2 Å². The van der Waals surface area contributed by atoms with E-state index in [9.17, 15) is 9.90 Å². The number of pyridine rings is 1. The molecule has 1 atom stereocenters. The second-order valence-corrected chi connectivity index (χ2v) is 8.36. The quantitative estimate of drug-likeness (QED) is 0.415. The molecular formula is C20H16ClN5O3S. The highest BCUT2D eigenvalue weighted by molar-refractivity contribution is 7.21. The molecule has 0 fully saturated rings. The van der Waals surface area contributed by atoms with Gasteiger partial charge in [-0.05, 0) is 25.1 Å². The maximum Gasteiger partial charge on any atom is 0.263 e. The van der Waals surface area contributed by atoms with Crippen LogP contribution in [0, 0.1) is 0 Å². The number of nitrogens with zero attached hydrogens (tertiary/aromatic N) is 3. The zero-order valence-electron chi connectivity index (χ0n) is 15.8. The van der Waals surface area contributed by atoms with Gasteiger partial charge in [-0.3, -0.25) is 4.79 Å². The van der Waals surface area contributed by atoms with Gasteiger partial charge in [-0.15, -0.1) is 11.3 Å². The van der Waals surface area contributed by atoms with E-state index in [0.717, 1.165) is 26.7 Å². The van der Waals surface area contributed by atoms with Crippen molar-refractivity contribution in [1.29, 1.82) is 0 Å². The third-order valence-electron chi connectivity index (χ3n) is 4.73. The highest BCUT2D eigenvalue weighted by atomic mass is 35.5. The summed E-state index contributed by atoms with van der Waals surface area (Å²) in [6.45, 7) is 2.27. The number of halogens is 1. The number of carbonyl (C=O) groups excluding carboxylic acids is 1. The van der Waals surface area contributed by atoms with E-state index < -0.39 is 0 Å². The third-order valence-corrected chi connectivity index (χ3v) is 6.08. The Bertz CT molecular complexity index is 1310. The van der Waals surface area contributed by atoms with Crippen molar-refractivity contribution in [2.24, 2.45) is 0 Å². The van der Waals surface area contributed by atoms with Crippen LogP contribution in [0.4, 0.5) is 5.69 Å². The van der Waals surface area contributed by atoms with Crippen LogP contribution in [0.3, 0.4) is 0 Å². The van der Waals surface area contributed by atoms with Gasteiger partial charge in [0.15, 0.2) is 5.82 Å². The summed E-state index contributed by atoms with van der Waals surface area (Å²) in [5.74, 6) is 0.634. The Kier molecular flexibility index (Phi) is 4.65. The van der Waals surface area contributed by atoms with Crippen LogP contribution in [-0.2, 0) is 6.61 Å². The second-order valence-electron chi connectivity index (χ2n) is 6.92. The fourth-order valence-corrected chi connectivity index (χ4v) is 4.72. The average molecular weight is 442 g/mol. The van der Waals surface area contributed by atoms with Gasteiger partial charge in [0.2, 0.25) is 11.8 Å². The van der Waals surface area contributed by atoms with Crippen LogP contribution in [0.1, 0.15) is 22.4 Å². The van der Waals surface area contributed by atoms with E-state index in [1.54, 1.807) is 6.07 Å². The van der Waals surface area contributed by atoms with Crippen LogP contribution in [0.25, 0.3) is 21.0 Å². The molecule has 0 radical (unpaired) electrons. The number of thiophene rings is 1. The largest absolute Gasteiger partial charge is 0.421 e. The van der Waals surface area contributed by atoms with E-state index >= 15 is 0 Å². The van der Waals surface area contributed by atoms with Gasteiger partial charge in [0.25, 0.3) is 5.91 Å². The monoisotopic (exact) mass is 441 g/mol. The molecule has 1 amide bonds. The summed E-state index contributed by atoms with van der Waals surface area (Å²) in [5.41, 5.74) is 1.57. The number of benzene rings is 1. The van der Waals surface area contributed by atoms with Crippen LogP contribution in [0.2, 0.25) is 5.15 Å². The lowest BCUT2D eigenvalue weighted by atomic mass is 10.1. The van der Waals surface area contributed by atoms with Crippen LogP contribution in [-0.4, -0.2) is 38.6 Å². The first-order chi connectivity index (χ1) is 14.5. The molecule has 0 spiro atoms. The molecule has 0 unspecified atom stereocenters. The zero-order valence-corrected chi connectivity index (χ0v) is 17.3. The van der Waals surface area contributed by atoms with Crippen molar-refractivity contribution in [3.05, 3.63) is 46.2 Å². The fourth-order valence-electron chi connectivity index (χ4n) is 3.44. The van der Waals surface area contributed by atoms with E-state index in [1.807, 2.05) is 25.1 Å². The molecule has 30 heavy (non-hydrogen) atoms. The van der Waals surface area contributed by atoms with Crippen molar-refractivity contribution in [1.82, 2.24) is 20.3 Å². The molecule has 4 heterocycles. The van der Waals surface area contributed by atoms with Crippen molar-refractivity contribution in [2.75, 3.05) is 11.9 Å². The first-order valence-corrected chi connectivity index (χ1v) is 10.4. The molecule has 0 aliphatic carbocycles. The highest BCUT2D eigenvalue weighted by Crippen LogP contribution is 2.41. The summed E-state index contributed by atoms with van der Waals surface area (Å²) < 4.78 is 6.74. The van der Waals surface area contributed by atoms with Gasteiger partial charge >= 0.3 is 0 Å². The molecule has 0 saturated carbocycles. The van der Waals surface area contributed by atoms with Crippen molar-refractivity contribution in [2.45, 2.75) is 19.6 Å². The first-order valence-electron chi connectivity index (χ1n) is 9.25. The minimum atomic E-state index is -0.345. The predicted octanol–water partition coefficient (Wildman–Crippen LogP) is 3.72. The van der Waals surface area contributed by atoms with Crippen molar-refractivity contribution in [3.8, 4) is 11.8 Å². The number of hydrogen-bond acceptors (Lipinski definition) is 8. The van der Waals surface area contributed by atoms with Crippen molar-refractivity contribution in [3.63, 3.8) is 0 Å². The fraction of sp³-hybridized carbons (Fsp3) is 0.200. The van der Waals surface area contributed by atoms with Crippen LogP contribution in [0.5, 0.6) is 11.8 Å². The second kappa shape index (κ2) is 7.35. The number of aliphatic hydroxyl groups is 1. The van der Waals surface area contributed by atoms with Gasteiger partial charge in [0, 0.05) is 40.2 Å². The highest BCUT2D eigenvalue weighted by Gasteiger charge is 2.24. The molecule has 5 rings (SSSR count). The maximum atomic E-state index is 12.5.